The van der Waals surface area contributed by atoms with Crippen molar-refractivity contribution in [1.82, 2.24) is 29.0 Å². The van der Waals surface area contributed by atoms with Gasteiger partial charge in [-0.2, -0.15) is 4.37 Å². The van der Waals surface area contributed by atoms with Crippen LogP contribution in [0.3, 0.4) is 0 Å². The molecule has 3 heterocycles. The fraction of sp³-hybridized carbons (Fsp3) is 0.368. The average Bonchev–Trinajstić information content (AvgIpc) is 3.37. The van der Waals surface area contributed by atoms with E-state index < -0.39 is 0 Å². The molecule has 3 aromatic rings. The molecule has 1 aliphatic rings. The molecule has 0 aliphatic carbocycles. The lowest BCUT2D eigenvalue weighted by Gasteiger charge is -2.33. The zero-order valence-electron chi connectivity index (χ0n) is 15.9. The zero-order chi connectivity index (χ0) is 19.7. The van der Waals surface area contributed by atoms with Crippen LogP contribution in [0.1, 0.15) is 30.2 Å². The molecule has 0 spiro atoms. The number of benzene rings is 1. The first kappa shape index (κ1) is 18.4. The molecule has 0 fully saturated rings. The first-order valence-electron chi connectivity index (χ1n) is 8.83. The number of methoxy groups -OCH3 is 2. The van der Waals surface area contributed by atoms with Gasteiger partial charge >= 0.3 is 0 Å². The molecule has 28 heavy (non-hydrogen) atoms. The molecule has 2 aromatic heterocycles. The maximum atomic E-state index is 5.54. The van der Waals surface area contributed by atoms with Crippen LogP contribution in [-0.4, -0.2) is 49.8 Å². The molecular weight excluding hydrogens is 376 g/mol. The van der Waals surface area contributed by atoms with Gasteiger partial charge in [-0.3, -0.25) is 4.90 Å². The van der Waals surface area contributed by atoms with Crippen molar-refractivity contribution in [2.75, 3.05) is 20.8 Å². The Bertz CT molecular complexity index is 1040. The van der Waals surface area contributed by atoms with E-state index in [0.29, 0.717) is 10.8 Å². The Morgan fingerprint density at radius 3 is 2.82 bits per heavy atom. The van der Waals surface area contributed by atoms with Crippen molar-refractivity contribution >= 4 is 11.5 Å². The fourth-order valence-corrected chi connectivity index (χ4v) is 4.00. The molecule has 0 saturated carbocycles. The van der Waals surface area contributed by atoms with E-state index in [9.17, 15) is 0 Å². The van der Waals surface area contributed by atoms with Crippen LogP contribution in [0, 0.1) is 12.3 Å². The lowest BCUT2D eigenvalue weighted by molar-refractivity contribution is 0.155. The lowest BCUT2D eigenvalue weighted by atomic mass is 10.1. The Labute approximate surface area is 167 Å². The highest BCUT2D eigenvalue weighted by Crippen LogP contribution is 2.32. The number of nitrogens with zero attached hydrogens (tertiary/aromatic N) is 6. The zero-order valence-corrected chi connectivity index (χ0v) is 16.7. The first-order valence-corrected chi connectivity index (χ1v) is 9.60. The van der Waals surface area contributed by atoms with Gasteiger partial charge in [-0.25, -0.2) is 4.98 Å². The minimum absolute atomic E-state index is 0.0989. The predicted molar refractivity (Wildman–Crippen MR) is 105 cm³/mol. The van der Waals surface area contributed by atoms with Crippen molar-refractivity contribution in [1.29, 1.82) is 0 Å². The summed E-state index contributed by atoms with van der Waals surface area (Å²) >= 11 is 1.25. The Kier molecular flexibility index (Phi) is 4.98. The molecule has 4 rings (SSSR count). The summed E-state index contributed by atoms with van der Waals surface area (Å²) in [6.07, 6.45) is 5.37. The number of rotatable bonds is 5. The quantitative estimate of drug-likeness (QED) is 0.613. The summed E-state index contributed by atoms with van der Waals surface area (Å²) < 4.78 is 17.1. The molecule has 1 atom stereocenters. The summed E-state index contributed by atoms with van der Waals surface area (Å²) in [7, 11) is 3.32. The maximum Gasteiger partial charge on any atom is 0.217 e. The minimum Gasteiger partial charge on any atom is -0.497 e. The van der Waals surface area contributed by atoms with E-state index in [0.717, 1.165) is 48.3 Å². The molecule has 0 bridgehead atoms. The summed E-state index contributed by atoms with van der Waals surface area (Å²) in [5.74, 6) is 6.06. The summed E-state index contributed by atoms with van der Waals surface area (Å²) in [5, 5.41) is 9.47. The van der Waals surface area contributed by atoms with E-state index in [1.165, 1.54) is 11.5 Å². The van der Waals surface area contributed by atoms with Crippen molar-refractivity contribution in [3.05, 3.63) is 35.4 Å². The fourth-order valence-electron chi connectivity index (χ4n) is 3.38. The number of hydrogen-bond donors (Lipinski definition) is 0. The van der Waals surface area contributed by atoms with Gasteiger partial charge in [0.15, 0.2) is 16.7 Å². The van der Waals surface area contributed by atoms with Crippen molar-refractivity contribution in [3.8, 4) is 34.7 Å². The molecule has 0 unspecified atom stereocenters. The van der Waals surface area contributed by atoms with Crippen LogP contribution in [0.5, 0.6) is 11.5 Å². The van der Waals surface area contributed by atoms with Crippen LogP contribution in [0.4, 0.5) is 0 Å². The van der Waals surface area contributed by atoms with Crippen molar-refractivity contribution in [2.24, 2.45) is 0 Å². The normalized spacial score (nSPS) is 16.4. The third-order valence-electron chi connectivity index (χ3n) is 4.93. The molecule has 0 N–H and O–H groups in total. The van der Waals surface area contributed by atoms with E-state index >= 15 is 0 Å². The van der Waals surface area contributed by atoms with Crippen LogP contribution in [-0.2, 0) is 13.1 Å². The van der Waals surface area contributed by atoms with Gasteiger partial charge in [0.25, 0.3) is 0 Å². The molecule has 0 radical (unpaired) electrons. The summed E-state index contributed by atoms with van der Waals surface area (Å²) in [6, 6.07) is 5.99. The van der Waals surface area contributed by atoms with E-state index in [4.69, 9.17) is 15.9 Å². The van der Waals surface area contributed by atoms with Crippen molar-refractivity contribution in [2.45, 2.75) is 26.1 Å². The molecule has 8 nitrogen and oxygen atoms in total. The second-order valence-electron chi connectivity index (χ2n) is 6.43. The van der Waals surface area contributed by atoms with Gasteiger partial charge in [-0.15, -0.1) is 16.6 Å². The smallest absolute Gasteiger partial charge is 0.217 e. The molecule has 1 aromatic carbocycles. The molecule has 1 aliphatic heterocycles. The third-order valence-corrected chi connectivity index (χ3v) is 5.64. The van der Waals surface area contributed by atoms with Gasteiger partial charge in [-0.05, 0) is 30.4 Å². The maximum absolute atomic E-state index is 5.54. The largest absolute Gasteiger partial charge is 0.497 e. The van der Waals surface area contributed by atoms with Crippen LogP contribution in [0.25, 0.3) is 10.8 Å². The highest BCUT2D eigenvalue weighted by Gasteiger charge is 2.30. The lowest BCUT2D eigenvalue weighted by Crippen LogP contribution is -2.36. The standard InChI is InChI=1S/C19H20N6O2S/c1-5-16-20-19(28-23-16)18-22-21-17-12(2)24(8-9-25(17)18)11-13-6-7-14(26-3)10-15(13)27-4/h1,6-7,10,12H,8-9,11H2,2-4H3/t12-/m1/s1. The summed E-state index contributed by atoms with van der Waals surface area (Å²) in [5.41, 5.74) is 1.10. The van der Waals surface area contributed by atoms with Gasteiger partial charge < -0.3 is 14.0 Å². The second kappa shape index (κ2) is 7.58. The average molecular weight is 396 g/mol. The number of terminal acetylenes is 1. The third kappa shape index (κ3) is 3.21. The van der Waals surface area contributed by atoms with Gasteiger partial charge in [0.1, 0.15) is 11.5 Å². The topological polar surface area (TPSA) is 78.2 Å². The van der Waals surface area contributed by atoms with E-state index in [1.54, 1.807) is 14.2 Å². The Morgan fingerprint density at radius 1 is 1.25 bits per heavy atom. The Morgan fingerprint density at radius 2 is 2.11 bits per heavy atom. The second-order valence-corrected chi connectivity index (χ2v) is 7.18. The Hall–Kier alpha value is -2.96. The van der Waals surface area contributed by atoms with Gasteiger partial charge in [0, 0.05) is 31.3 Å². The predicted octanol–water partition coefficient (Wildman–Crippen LogP) is 2.37. The van der Waals surface area contributed by atoms with Crippen LogP contribution in [0.2, 0.25) is 0 Å². The Balaban J connectivity index is 1.58. The molecule has 144 valence electrons. The van der Waals surface area contributed by atoms with Crippen molar-refractivity contribution in [3.63, 3.8) is 0 Å². The number of aromatic nitrogens is 5. The minimum atomic E-state index is 0.0989. The molecule has 0 saturated heterocycles. The van der Waals surface area contributed by atoms with Crippen LogP contribution >= 0.6 is 11.5 Å². The van der Waals surface area contributed by atoms with E-state index in [2.05, 4.69) is 41.9 Å². The number of ether oxygens (including phenoxy) is 2. The first-order chi connectivity index (χ1) is 13.6. The van der Waals surface area contributed by atoms with Crippen molar-refractivity contribution < 1.29 is 9.47 Å². The summed E-state index contributed by atoms with van der Waals surface area (Å²) in [6.45, 7) is 4.50. The van der Waals surface area contributed by atoms with E-state index in [1.807, 2.05) is 18.2 Å². The van der Waals surface area contributed by atoms with Gasteiger partial charge in [-0.1, -0.05) is 6.07 Å². The molecule has 9 heteroatoms. The number of hydrogen-bond acceptors (Lipinski definition) is 8. The van der Waals surface area contributed by atoms with E-state index in [-0.39, 0.29) is 6.04 Å². The molecular formula is C19H20N6O2S. The highest BCUT2D eigenvalue weighted by atomic mass is 32.1. The van der Waals surface area contributed by atoms with Crippen LogP contribution in [0.15, 0.2) is 18.2 Å². The van der Waals surface area contributed by atoms with Gasteiger partial charge in [0.05, 0.1) is 20.3 Å². The van der Waals surface area contributed by atoms with Crippen LogP contribution < -0.4 is 9.47 Å². The van der Waals surface area contributed by atoms with Gasteiger partial charge in [0.2, 0.25) is 5.82 Å². The summed E-state index contributed by atoms with van der Waals surface area (Å²) in [4.78, 5) is 6.69. The molecule has 0 amide bonds. The monoisotopic (exact) mass is 396 g/mol. The SMILES string of the molecule is C#Cc1nsc(-c2nnc3n2CCN(Cc2ccc(OC)cc2OC)[C@@H]3C)n1. The highest BCUT2D eigenvalue weighted by molar-refractivity contribution is 7.09. The number of fused-ring (bicyclic) bond motifs is 1.